The SMILES string of the molecule is CCCOc1ccc(CN=C(NCC)NCC(C)(O)c2ccc(C)o2)cn1.I. The number of nitrogens with zero attached hydrogens (tertiary/aromatic N) is 2. The van der Waals surface area contributed by atoms with E-state index in [4.69, 9.17) is 9.15 Å². The first-order valence-corrected chi connectivity index (χ1v) is 9.33. The molecule has 0 bridgehead atoms. The molecule has 0 saturated heterocycles. The van der Waals surface area contributed by atoms with E-state index in [1.807, 2.05) is 32.0 Å². The van der Waals surface area contributed by atoms with Crippen molar-refractivity contribution in [2.24, 2.45) is 4.99 Å². The molecule has 156 valence electrons. The standard InChI is InChI=1S/C20H30N4O3.HI/c1-5-11-26-18-10-8-16(12-22-18)13-23-19(21-6-2)24-14-20(4,25)17-9-7-15(3)27-17;/h7-10,12,25H,5-6,11,13-14H2,1-4H3,(H2,21,23,24);1H. The van der Waals surface area contributed by atoms with Crippen LogP contribution in [-0.4, -0.2) is 35.7 Å². The van der Waals surface area contributed by atoms with Gasteiger partial charge in [-0.05, 0) is 44.9 Å². The molecule has 0 amide bonds. The molecule has 28 heavy (non-hydrogen) atoms. The Balaban J connectivity index is 0.00000392. The van der Waals surface area contributed by atoms with Gasteiger partial charge in [-0.25, -0.2) is 9.98 Å². The van der Waals surface area contributed by atoms with E-state index >= 15 is 0 Å². The smallest absolute Gasteiger partial charge is 0.213 e. The average molecular weight is 502 g/mol. The molecular formula is C20H31IN4O3. The number of aryl methyl sites for hydroxylation is 1. The lowest BCUT2D eigenvalue weighted by Gasteiger charge is -2.22. The number of aromatic nitrogens is 1. The maximum atomic E-state index is 10.6. The average Bonchev–Trinajstić information content (AvgIpc) is 3.10. The summed E-state index contributed by atoms with van der Waals surface area (Å²) in [7, 11) is 0. The second kappa shape index (κ2) is 11.9. The molecule has 0 fully saturated rings. The third-order valence-corrected chi connectivity index (χ3v) is 3.89. The molecule has 7 nitrogen and oxygen atoms in total. The minimum atomic E-state index is -1.13. The van der Waals surface area contributed by atoms with Crippen LogP contribution in [0.15, 0.2) is 39.9 Å². The van der Waals surface area contributed by atoms with Crippen LogP contribution >= 0.6 is 24.0 Å². The van der Waals surface area contributed by atoms with Crippen molar-refractivity contribution in [2.75, 3.05) is 19.7 Å². The molecule has 2 aromatic rings. The van der Waals surface area contributed by atoms with Crippen molar-refractivity contribution in [3.05, 3.63) is 47.5 Å². The lowest BCUT2D eigenvalue weighted by Crippen LogP contribution is -2.44. The third kappa shape index (κ3) is 7.67. The summed E-state index contributed by atoms with van der Waals surface area (Å²) >= 11 is 0. The van der Waals surface area contributed by atoms with Gasteiger partial charge in [0.1, 0.15) is 17.1 Å². The Kier molecular flexibility index (Phi) is 10.3. The molecular weight excluding hydrogens is 471 g/mol. The first-order chi connectivity index (χ1) is 12.9. The lowest BCUT2D eigenvalue weighted by molar-refractivity contribution is 0.0378. The first-order valence-electron chi connectivity index (χ1n) is 9.33. The van der Waals surface area contributed by atoms with Crippen molar-refractivity contribution >= 4 is 29.9 Å². The zero-order valence-electron chi connectivity index (χ0n) is 17.0. The van der Waals surface area contributed by atoms with Crippen molar-refractivity contribution in [3.8, 4) is 5.88 Å². The lowest BCUT2D eigenvalue weighted by atomic mass is 10.0. The van der Waals surface area contributed by atoms with Gasteiger partial charge in [0, 0.05) is 18.8 Å². The van der Waals surface area contributed by atoms with Crippen LogP contribution in [0.3, 0.4) is 0 Å². The summed E-state index contributed by atoms with van der Waals surface area (Å²) in [6.45, 7) is 9.73. The van der Waals surface area contributed by atoms with E-state index in [9.17, 15) is 5.11 Å². The van der Waals surface area contributed by atoms with E-state index in [-0.39, 0.29) is 30.5 Å². The normalized spacial score (nSPS) is 13.4. The van der Waals surface area contributed by atoms with E-state index < -0.39 is 5.60 Å². The van der Waals surface area contributed by atoms with Crippen LogP contribution < -0.4 is 15.4 Å². The molecule has 1 unspecified atom stereocenters. The predicted octanol–water partition coefficient (Wildman–Crippen LogP) is 3.35. The summed E-state index contributed by atoms with van der Waals surface area (Å²) in [5.74, 6) is 2.53. The fourth-order valence-corrected chi connectivity index (χ4v) is 2.38. The van der Waals surface area contributed by atoms with Gasteiger partial charge in [-0.1, -0.05) is 13.0 Å². The summed E-state index contributed by atoms with van der Waals surface area (Å²) in [5, 5.41) is 17.0. The van der Waals surface area contributed by atoms with E-state index in [0.717, 1.165) is 24.3 Å². The highest BCUT2D eigenvalue weighted by Crippen LogP contribution is 2.21. The number of guanidine groups is 1. The number of hydrogen-bond acceptors (Lipinski definition) is 5. The predicted molar refractivity (Wildman–Crippen MR) is 121 cm³/mol. The number of pyridine rings is 1. The molecule has 0 aromatic carbocycles. The highest BCUT2D eigenvalue weighted by Gasteiger charge is 2.27. The van der Waals surface area contributed by atoms with Gasteiger partial charge < -0.3 is 24.9 Å². The van der Waals surface area contributed by atoms with Gasteiger partial charge >= 0.3 is 0 Å². The number of aliphatic hydroxyl groups is 1. The number of nitrogens with one attached hydrogen (secondary N) is 2. The van der Waals surface area contributed by atoms with Crippen LogP contribution in [0, 0.1) is 6.92 Å². The Hall–Kier alpha value is -1.81. The Bertz CT molecular complexity index is 729. The van der Waals surface area contributed by atoms with E-state index in [1.54, 1.807) is 19.2 Å². The minimum Gasteiger partial charge on any atom is -0.478 e. The van der Waals surface area contributed by atoms with Crippen LogP contribution in [0.2, 0.25) is 0 Å². The Morgan fingerprint density at radius 1 is 1.25 bits per heavy atom. The molecule has 2 rings (SSSR count). The van der Waals surface area contributed by atoms with Crippen molar-refractivity contribution < 1.29 is 14.3 Å². The third-order valence-electron chi connectivity index (χ3n) is 3.89. The molecule has 8 heteroatoms. The Labute approximate surface area is 184 Å². The quantitative estimate of drug-likeness (QED) is 0.277. The van der Waals surface area contributed by atoms with Crippen molar-refractivity contribution in [3.63, 3.8) is 0 Å². The van der Waals surface area contributed by atoms with Crippen LogP contribution in [0.1, 0.15) is 44.3 Å². The molecule has 0 saturated carbocycles. The zero-order valence-corrected chi connectivity index (χ0v) is 19.3. The molecule has 0 aliphatic rings. The van der Waals surface area contributed by atoms with E-state index in [1.165, 1.54) is 0 Å². The van der Waals surface area contributed by atoms with Gasteiger partial charge in [-0.15, -0.1) is 24.0 Å². The minimum absolute atomic E-state index is 0. The van der Waals surface area contributed by atoms with Crippen LogP contribution in [0.4, 0.5) is 0 Å². The molecule has 0 aliphatic carbocycles. The van der Waals surface area contributed by atoms with Crippen molar-refractivity contribution in [1.82, 2.24) is 15.6 Å². The first kappa shape index (κ1) is 24.2. The molecule has 0 spiro atoms. The summed E-state index contributed by atoms with van der Waals surface area (Å²) < 4.78 is 11.0. The highest BCUT2D eigenvalue weighted by molar-refractivity contribution is 14.0. The maximum Gasteiger partial charge on any atom is 0.213 e. The molecule has 0 radical (unpaired) electrons. The van der Waals surface area contributed by atoms with Crippen LogP contribution in [-0.2, 0) is 12.1 Å². The second-order valence-electron chi connectivity index (χ2n) is 6.59. The topological polar surface area (TPSA) is 91.9 Å². The largest absolute Gasteiger partial charge is 0.478 e. The highest BCUT2D eigenvalue weighted by atomic mass is 127. The molecule has 1 atom stereocenters. The molecule has 2 aromatic heterocycles. The van der Waals surface area contributed by atoms with E-state index in [0.29, 0.717) is 30.8 Å². The molecule has 2 heterocycles. The fourth-order valence-electron chi connectivity index (χ4n) is 2.38. The second-order valence-corrected chi connectivity index (χ2v) is 6.59. The van der Waals surface area contributed by atoms with Crippen LogP contribution in [0.25, 0.3) is 0 Å². The number of rotatable bonds is 9. The molecule has 3 N–H and O–H groups in total. The number of furan rings is 1. The fraction of sp³-hybridized carbons (Fsp3) is 0.500. The van der Waals surface area contributed by atoms with Gasteiger partial charge in [0.2, 0.25) is 5.88 Å². The number of halogens is 1. The van der Waals surface area contributed by atoms with Gasteiger partial charge in [0.25, 0.3) is 0 Å². The van der Waals surface area contributed by atoms with Gasteiger partial charge in [0.15, 0.2) is 5.96 Å². The van der Waals surface area contributed by atoms with Gasteiger partial charge in [0.05, 0.1) is 19.7 Å². The Morgan fingerprint density at radius 2 is 2.04 bits per heavy atom. The van der Waals surface area contributed by atoms with Crippen molar-refractivity contribution in [2.45, 2.75) is 46.3 Å². The van der Waals surface area contributed by atoms with Crippen molar-refractivity contribution in [1.29, 1.82) is 0 Å². The zero-order chi connectivity index (χ0) is 19.7. The summed E-state index contributed by atoms with van der Waals surface area (Å²) in [6.07, 6.45) is 2.71. The van der Waals surface area contributed by atoms with Crippen LogP contribution in [0.5, 0.6) is 5.88 Å². The monoisotopic (exact) mass is 502 g/mol. The van der Waals surface area contributed by atoms with Gasteiger partial charge in [-0.3, -0.25) is 0 Å². The number of aliphatic imine (C=N–C) groups is 1. The van der Waals surface area contributed by atoms with Gasteiger partial charge in [-0.2, -0.15) is 0 Å². The molecule has 0 aliphatic heterocycles. The number of hydrogen-bond donors (Lipinski definition) is 3. The summed E-state index contributed by atoms with van der Waals surface area (Å²) in [4.78, 5) is 8.83. The summed E-state index contributed by atoms with van der Waals surface area (Å²) in [5.41, 5.74) is -0.158. The maximum absolute atomic E-state index is 10.6. The Morgan fingerprint density at radius 3 is 2.61 bits per heavy atom. The van der Waals surface area contributed by atoms with E-state index in [2.05, 4.69) is 27.5 Å². The summed E-state index contributed by atoms with van der Waals surface area (Å²) in [6, 6.07) is 7.43. The number of ether oxygens (including phenoxy) is 1.